The van der Waals surface area contributed by atoms with Gasteiger partial charge in [0.15, 0.2) is 5.76 Å². The van der Waals surface area contributed by atoms with Crippen LogP contribution >= 0.6 is 0 Å². The first-order valence-electron chi connectivity index (χ1n) is 8.56. The number of carbonyl (C=O) groups is 1. The van der Waals surface area contributed by atoms with E-state index in [4.69, 9.17) is 13.9 Å². The smallest absolute Gasteiger partial charge is 0.235 e. The lowest BCUT2D eigenvalue weighted by atomic mass is 10.1. The van der Waals surface area contributed by atoms with Crippen LogP contribution in [-0.4, -0.2) is 19.2 Å². The Morgan fingerprint density at radius 2 is 1.89 bits per heavy atom. The third-order valence-corrected chi connectivity index (χ3v) is 4.30. The van der Waals surface area contributed by atoms with E-state index < -0.39 is 17.5 Å². The summed E-state index contributed by atoms with van der Waals surface area (Å²) in [5.41, 5.74) is 1.50. The molecule has 3 aromatic rings. The van der Waals surface area contributed by atoms with Gasteiger partial charge in [-0.05, 0) is 55.3 Å². The molecule has 0 saturated heterocycles. The molecule has 6 nitrogen and oxygen atoms in total. The largest absolute Gasteiger partial charge is 0.546 e. The zero-order chi connectivity index (χ0) is 19.6. The fraction of sp³-hybridized carbons (Fsp3) is 0.238. The van der Waals surface area contributed by atoms with Gasteiger partial charge < -0.3 is 23.8 Å². The first-order valence-corrected chi connectivity index (χ1v) is 8.56. The number of methoxy groups -OCH3 is 1. The number of aliphatic carboxylic acids is 1. The Morgan fingerprint density at radius 3 is 2.48 bits per heavy atom. The predicted octanol–water partition coefficient (Wildman–Crippen LogP) is 2.55. The highest BCUT2D eigenvalue weighted by Crippen LogP contribution is 2.32. The minimum Gasteiger partial charge on any atom is -0.546 e. The van der Waals surface area contributed by atoms with E-state index >= 15 is 0 Å². The summed E-state index contributed by atoms with van der Waals surface area (Å²) in [4.78, 5) is 24.2. The number of carbonyl (C=O) groups excluding carboxylic acids is 1. The molecule has 0 saturated carbocycles. The van der Waals surface area contributed by atoms with Crippen LogP contribution in [0.25, 0.3) is 22.3 Å². The summed E-state index contributed by atoms with van der Waals surface area (Å²) in [6.07, 6.45) is -0.557. The van der Waals surface area contributed by atoms with Crippen LogP contribution in [0.15, 0.2) is 51.7 Å². The van der Waals surface area contributed by atoms with Crippen molar-refractivity contribution in [2.75, 3.05) is 7.11 Å². The van der Waals surface area contributed by atoms with E-state index in [9.17, 15) is 14.7 Å². The number of ether oxygens (including phenoxy) is 2. The van der Waals surface area contributed by atoms with Crippen molar-refractivity contribution in [2.24, 2.45) is 0 Å². The maximum atomic E-state index is 13.0. The van der Waals surface area contributed by atoms with E-state index in [2.05, 4.69) is 0 Å². The van der Waals surface area contributed by atoms with Crippen LogP contribution in [0.3, 0.4) is 0 Å². The van der Waals surface area contributed by atoms with Crippen molar-refractivity contribution in [3.63, 3.8) is 0 Å². The summed E-state index contributed by atoms with van der Waals surface area (Å²) in [7, 11) is 1.55. The molecule has 2 aromatic carbocycles. The normalized spacial score (nSPS) is 12.0. The first-order chi connectivity index (χ1) is 12.9. The molecule has 1 atom stereocenters. The summed E-state index contributed by atoms with van der Waals surface area (Å²) in [5.74, 6) is -0.775. The Balaban J connectivity index is 2.25. The lowest BCUT2D eigenvalue weighted by molar-refractivity contribution is -0.312. The van der Waals surface area contributed by atoms with Gasteiger partial charge in [0.1, 0.15) is 17.4 Å². The lowest BCUT2D eigenvalue weighted by Gasteiger charge is -2.17. The predicted molar refractivity (Wildman–Crippen MR) is 98.9 cm³/mol. The summed E-state index contributed by atoms with van der Waals surface area (Å²) >= 11 is 0. The molecule has 27 heavy (non-hydrogen) atoms. The van der Waals surface area contributed by atoms with Crippen LogP contribution in [0.4, 0.5) is 0 Å². The van der Waals surface area contributed by atoms with E-state index in [1.807, 2.05) is 13.0 Å². The van der Waals surface area contributed by atoms with Gasteiger partial charge in [-0.25, -0.2) is 0 Å². The molecule has 3 rings (SSSR count). The van der Waals surface area contributed by atoms with Gasteiger partial charge in [0.25, 0.3) is 0 Å². The fourth-order valence-electron chi connectivity index (χ4n) is 2.71. The highest BCUT2D eigenvalue weighted by Gasteiger charge is 2.20. The van der Waals surface area contributed by atoms with Gasteiger partial charge in [-0.1, -0.05) is 13.0 Å². The van der Waals surface area contributed by atoms with Crippen molar-refractivity contribution in [2.45, 2.75) is 26.4 Å². The molecule has 0 aliphatic carbocycles. The standard InChI is InChI=1S/C21H20O6/c1-4-13-5-10-17-16(11-13)18(22)20(26-12(2)21(23)24)19(27-17)14-6-8-15(25-3)9-7-14/h5-12H,4H2,1-3H3,(H,23,24)/p-1/t12-/m0/s1. The molecule has 140 valence electrons. The highest BCUT2D eigenvalue weighted by atomic mass is 16.5. The number of hydrogen-bond acceptors (Lipinski definition) is 6. The van der Waals surface area contributed by atoms with Gasteiger partial charge >= 0.3 is 0 Å². The number of benzene rings is 2. The molecule has 0 spiro atoms. The Labute approximate surface area is 156 Å². The van der Waals surface area contributed by atoms with Gasteiger partial charge in [0.05, 0.1) is 18.5 Å². The van der Waals surface area contributed by atoms with Crippen LogP contribution < -0.4 is 20.0 Å². The molecule has 1 heterocycles. The van der Waals surface area contributed by atoms with Gasteiger partial charge in [-0.15, -0.1) is 0 Å². The number of fused-ring (bicyclic) bond motifs is 1. The third-order valence-electron chi connectivity index (χ3n) is 4.30. The third kappa shape index (κ3) is 3.65. The SMILES string of the molecule is CCc1ccc2oc(-c3ccc(OC)cc3)c(O[C@@H](C)C(=O)[O-])c(=O)c2c1. The molecule has 1 aromatic heterocycles. The molecule has 0 aliphatic heterocycles. The maximum absolute atomic E-state index is 13.0. The van der Waals surface area contributed by atoms with Crippen molar-refractivity contribution >= 4 is 16.9 Å². The van der Waals surface area contributed by atoms with E-state index in [0.29, 0.717) is 22.3 Å². The van der Waals surface area contributed by atoms with Gasteiger partial charge in [-0.3, -0.25) is 4.79 Å². The van der Waals surface area contributed by atoms with Crippen molar-refractivity contribution in [3.8, 4) is 22.8 Å². The molecule has 6 heteroatoms. The second-order valence-corrected chi connectivity index (χ2v) is 6.08. The fourth-order valence-corrected chi connectivity index (χ4v) is 2.71. The van der Waals surface area contributed by atoms with Gasteiger partial charge in [0, 0.05) is 5.56 Å². The van der Waals surface area contributed by atoms with E-state index in [1.165, 1.54) is 6.92 Å². The van der Waals surface area contributed by atoms with Gasteiger partial charge in [0.2, 0.25) is 11.2 Å². The molecule has 0 bridgehead atoms. The zero-order valence-electron chi connectivity index (χ0n) is 15.3. The Hall–Kier alpha value is -3.28. The monoisotopic (exact) mass is 367 g/mol. The second-order valence-electron chi connectivity index (χ2n) is 6.08. The average molecular weight is 367 g/mol. The van der Waals surface area contributed by atoms with Crippen LogP contribution in [0.5, 0.6) is 11.5 Å². The molecule has 0 N–H and O–H groups in total. The number of carboxylic acid groups (broad SMARTS) is 1. The summed E-state index contributed by atoms with van der Waals surface area (Å²) in [6, 6.07) is 12.2. The Kier molecular flexibility index (Phi) is 5.16. The van der Waals surface area contributed by atoms with Crippen molar-refractivity contribution < 1.29 is 23.8 Å². The maximum Gasteiger partial charge on any atom is 0.235 e. The molecule has 0 aliphatic rings. The lowest BCUT2D eigenvalue weighted by Crippen LogP contribution is -2.38. The number of carboxylic acids is 1. The summed E-state index contributed by atoms with van der Waals surface area (Å²) in [6.45, 7) is 3.28. The van der Waals surface area contributed by atoms with E-state index in [1.54, 1.807) is 43.5 Å². The molecular formula is C21H19O6-. The molecule has 0 unspecified atom stereocenters. The molecular weight excluding hydrogens is 348 g/mol. The van der Waals surface area contributed by atoms with E-state index in [-0.39, 0.29) is 11.5 Å². The number of rotatable bonds is 6. The second kappa shape index (κ2) is 7.53. The van der Waals surface area contributed by atoms with Crippen molar-refractivity contribution in [1.82, 2.24) is 0 Å². The number of hydrogen-bond donors (Lipinski definition) is 0. The Bertz CT molecular complexity index is 1030. The van der Waals surface area contributed by atoms with Crippen molar-refractivity contribution in [1.29, 1.82) is 0 Å². The number of aryl methyl sites for hydroxylation is 1. The highest BCUT2D eigenvalue weighted by molar-refractivity contribution is 5.83. The van der Waals surface area contributed by atoms with Crippen molar-refractivity contribution in [3.05, 3.63) is 58.3 Å². The Morgan fingerprint density at radius 1 is 1.19 bits per heavy atom. The minimum atomic E-state index is -1.42. The van der Waals surface area contributed by atoms with Crippen LogP contribution in [-0.2, 0) is 11.2 Å². The van der Waals surface area contributed by atoms with Crippen LogP contribution in [0, 0.1) is 0 Å². The zero-order valence-corrected chi connectivity index (χ0v) is 15.3. The first kappa shape index (κ1) is 18.5. The topological polar surface area (TPSA) is 88.8 Å². The van der Waals surface area contributed by atoms with Crippen LogP contribution in [0.2, 0.25) is 0 Å². The quantitative estimate of drug-likeness (QED) is 0.665. The molecule has 0 fully saturated rings. The minimum absolute atomic E-state index is 0.155. The van der Waals surface area contributed by atoms with Gasteiger partial charge in [-0.2, -0.15) is 0 Å². The van der Waals surface area contributed by atoms with E-state index in [0.717, 1.165) is 12.0 Å². The van der Waals surface area contributed by atoms with Crippen LogP contribution in [0.1, 0.15) is 19.4 Å². The molecule has 0 amide bonds. The average Bonchev–Trinajstić information content (AvgIpc) is 2.69. The summed E-state index contributed by atoms with van der Waals surface area (Å²) < 4.78 is 16.5. The summed E-state index contributed by atoms with van der Waals surface area (Å²) in [5, 5.41) is 11.5. The molecule has 0 radical (unpaired) electrons.